The number of nitrogens with one attached hydrogen (secondary N) is 1. The molecule has 0 radical (unpaired) electrons. The Bertz CT molecular complexity index is 1240. The van der Waals surface area contributed by atoms with Gasteiger partial charge in [-0.2, -0.15) is 0 Å². The Morgan fingerprint density at radius 1 is 1.00 bits per heavy atom. The normalized spacial score (nSPS) is 11.3. The Kier molecular flexibility index (Phi) is 6.35. The Balaban J connectivity index is 1.63. The van der Waals surface area contributed by atoms with E-state index < -0.39 is 0 Å². The van der Waals surface area contributed by atoms with Crippen molar-refractivity contribution in [1.29, 1.82) is 0 Å². The molecule has 0 atom stereocenters. The van der Waals surface area contributed by atoms with Crippen LogP contribution in [-0.4, -0.2) is 29.2 Å². The number of fused-ring (bicyclic) bond motifs is 3. The van der Waals surface area contributed by atoms with E-state index in [1.165, 1.54) is 21.8 Å². The number of carbonyl (C=O) groups is 1. The van der Waals surface area contributed by atoms with Crippen LogP contribution < -0.4 is 10.1 Å². The fourth-order valence-electron chi connectivity index (χ4n) is 4.32. The van der Waals surface area contributed by atoms with Gasteiger partial charge in [0.2, 0.25) is 0 Å². The molecule has 166 valence electrons. The number of methoxy groups -OCH3 is 1. The first kappa shape index (κ1) is 21.8. The number of para-hydroxylation sites is 1. The third-order valence-corrected chi connectivity index (χ3v) is 5.72. The maximum absolute atomic E-state index is 13.1. The smallest absolute Gasteiger partial charge is 0.322 e. The van der Waals surface area contributed by atoms with E-state index in [9.17, 15) is 4.79 Å². The predicted octanol–water partition coefficient (Wildman–Crippen LogP) is 6.51. The highest BCUT2D eigenvalue weighted by molar-refractivity contribution is 6.08. The summed E-state index contributed by atoms with van der Waals surface area (Å²) in [5.41, 5.74) is 4.33. The van der Waals surface area contributed by atoms with E-state index in [0.29, 0.717) is 19.0 Å². The van der Waals surface area contributed by atoms with E-state index in [1.54, 1.807) is 7.11 Å². The van der Waals surface area contributed by atoms with Crippen LogP contribution in [-0.2, 0) is 13.1 Å². The zero-order chi connectivity index (χ0) is 22.7. The van der Waals surface area contributed by atoms with E-state index in [0.717, 1.165) is 23.5 Å². The highest BCUT2D eigenvalue weighted by Gasteiger charge is 2.17. The first-order chi connectivity index (χ1) is 15.5. The second kappa shape index (κ2) is 9.35. The Labute approximate surface area is 189 Å². The summed E-state index contributed by atoms with van der Waals surface area (Å²) in [7, 11) is 1.62. The number of anilines is 1. The molecule has 0 aliphatic heterocycles. The van der Waals surface area contributed by atoms with E-state index in [2.05, 4.69) is 73.1 Å². The van der Waals surface area contributed by atoms with E-state index in [-0.39, 0.29) is 6.03 Å². The number of hydrogen-bond donors (Lipinski definition) is 1. The SMILES string of the molecule is CCn1c2ccccc2c2cc(CN(CC(C)C)C(=O)Nc3cccc(OC)c3)ccc21. The number of ether oxygens (including phenoxy) is 1. The van der Waals surface area contributed by atoms with Gasteiger partial charge in [-0.3, -0.25) is 0 Å². The number of aromatic nitrogens is 1. The second-order valence-electron chi connectivity index (χ2n) is 8.55. The van der Waals surface area contributed by atoms with E-state index in [1.807, 2.05) is 29.2 Å². The molecule has 0 aliphatic rings. The third kappa shape index (κ3) is 4.42. The molecule has 1 N–H and O–H groups in total. The molecule has 0 saturated heterocycles. The van der Waals surface area contributed by atoms with Gasteiger partial charge in [0.15, 0.2) is 0 Å². The lowest BCUT2D eigenvalue weighted by atomic mass is 10.1. The van der Waals surface area contributed by atoms with Gasteiger partial charge in [-0.05, 0) is 48.7 Å². The molecule has 32 heavy (non-hydrogen) atoms. The first-order valence-corrected chi connectivity index (χ1v) is 11.2. The minimum Gasteiger partial charge on any atom is -0.497 e. The van der Waals surface area contributed by atoms with Gasteiger partial charge < -0.3 is 19.5 Å². The number of rotatable bonds is 7. The summed E-state index contributed by atoms with van der Waals surface area (Å²) < 4.78 is 7.62. The van der Waals surface area contributed by atoms with Crippen LogP contribution in [0.2, 0.25) is 0 Å². The van der Waals surface area contributed by atoms with Crippen LogP contribution in [0.1, 0.15) is 26.3 Å². The number of hydrogen-bond acceptors (Lipinski definition) is 2. The largest absolute Gasteiger partial charge is 0.497 e. The van der Waals surface area contributed by atoms with Crippen molar-refractivity contribution in [2.45, 2.75) is 33.9 Å². The highest BCUT2D eigenvalue weighted by Crippen LogP contribution is 2.30. The fourth-order valence-corrected chi connectivity index (χ4v) is 4.32. The predicted molar refractivity (Wildman–Crippen MR) is 132 cm³/mol. The maximum Gasteiger partial charge on any atom is 0.322 e. The first-order valence-electron chi connectivity index (χ1n) is 11.2. The second-order valence-corrected chi connectivity index (χ2v) is 8.55. The average molecular weight is 430 g/mol. The Hall–Kier alpha value is -3.47. The van der Waals surface area contributed by atoms with Gasteiger partial charge in [0.1, 0.15) is 5.75 Å². The Morgan fingerprint density at radius 3 is 2.53 bits per heavy atom. The molecule has 2 amide bonds. The Morgan fingerprint density at radius 2 is 1.78 bits per heavy atom. The van der Waals surface area contributed by atoms with Crippen LogP contribution in [0.5, 0.6) is 5.75 Å². The lowest BCUT2D eigenvalue weighted by Gasteiger charge is -2.25. The van der Waals surface area contributed by atoms with Crippen LogP contribution >= 0.6 is 0 Å². The van der Waals surface area contributed by atoms with Crippen molar-refractivity contribution >= 4 is 33.5 Å². The van der Waals surface area contributed by atoms with Crippen molar-refractivity contribution in [2.24, 2.45) is 5.92 Å². The minimum atomic E-state index is -0.108. The van der Waals surface area contributed by atoms with Crippen LogP contribution in [0.4, 0.5) is 10.5 Å². The molecule has 5 nitrogen and oxygen atoms in total. The van der Waals surface area contributed by atoms with Crippen molar-refractivity contribution in [3.63, 3.8) is 0 Å². The molecule has 0 saturated carbocycles. The zero-order valence-corrected chi connectivity index (χ0v) is 19.3. The molecular formula is C27H31N3O2. The van der Waals surface area contributed by atoms with Crippen LogP contribution in [0.15, 0.2) is 66.7 Å². The molecule has 0 fully saturated rings. The van der Waals surface area contributed by atoms with Crippen molar-refractivity contribution in [1.82, 2.24) is 9.47 Å². The summed E-state index contributed by atoms with van der Waals surface area (Å²) in [6.07, 6.45) is 0. The molecule has 5 heteroatoms. The van der Waals surface area contributed by atoms with Gasteiger partial charge in [0, 0.05) is 53.2 Å². The molecule has 1 heterocycles. The topological polar surface area (TPSA) is 46.5 Å². The number of urea groups is 1. The molecule has 0 bridgehead atoms. The quantitative estimate of drug-likeness (QED) is 0.364. The standard InChI is InChI=1S/C27H31N3O2/c1-5-30-25-12-7-6-11-23(25)24-15-20(13-14-26(24)30)18-29(17-19(2)3)27(31)28-21-9-8-10-22(16-21)32-4/h6-16,19H,5,17-18H2,1-4H3,(H,28,31). The van der Waals surface area contributed by atoms with Crippen molar-refractivity contribution in [2.75, 3.05) is 19.0 Å². The van der Waals surface area contributed by atoms with Crippen molar-refractivity contribution in [3.05, 3.63) is 72.3 Å². The molecule has 0 spiro atoms. The molecule has 1 aromatic heterocycles. The number of benzene rings is 3. The average Bonchev–Trinajstić information content (AvgIpc) is 3.11. The van der Waals surface area contributed by atoms with Crippen molar-refractivity contribution < 1.29 is 9.53 Å². The van der Waals surface area contributed by atoms with Gasteiger partial charge in [0.25, 0.3) is 0 Å². The molecule has 0 unspecified atom stereocenters. The summed E-state index contributed by atoms with van der Waals surface area (Å²) in [5, 5.41) is 5.51. The number of nitrogens with zero attached hydrogens (tertiary/aromatic N) is 2. The summed E-state index contributed by atoms with van der Waals surface area (Å²) in [6, 6.07) is 22.4. The fraction of sp³-hybridized carbons (Fsp3) is 0.296. The highest BCUT2D eigenvalue weighted by atomic mass is 16.5. The zero-order valence-electron chi connectivity index (χ0n) is 19.3. The third-order valence-electron chi connectivity index (χ3n) is 5.72. The van der Waals surface area contributed by atoms with Gasteiger partial charge in [-0.15, -0.1) is 0 Å². The number of aryl methyl sites for hydroxylation is 1. The number of carbonyl (C=O) groups excluding carboxylic acids is 1. The summed E-state index contributed by atoms with van der Waals surface area (Å²) in [4.78, 5) is 15.0. The monoisotopic (exact) mass is 429 g/mol. The molecule has 4 aromatic rings. The molecule has 3 aromatic carbocycles. The lowest BCUT2D eigenvalue weighted by molar-refractivity contribution is 0.201. The lowest BCUT2D eigenvalue weighted by Crippen LogP contribution is -2.37. The summed E-state index contributed by atoms with van der Waals surface area (Å²) in [6.45, 7) is 8.58. The van der Waals surface area contributed by atoms with E-state index >= 15 is 0 Å². The van der Waals surface area contributed by atoms with Crippen LogP contribution in [0.25, 0.3) is 21.8 Å². The van der Waals surface area contributed by atoms with Gasteiger partial charge in [-0.25, -0.2) is 4.79 Å². The van der Waals surface area contributed by atoms with Gasteiger partial charge in [0.05, 0.1) is 7.11 Å². The summed E-state index contributed by atoms with van der Waals surface area (Å²) >= 11 is 0. The molecule has 4 rings (SSSR count). The number of amides is 2. The van der Waals surface area contributed by atoms with Crippen molar-refractivity contribution in [3.8, 4) is 5.75 Å². The minimum absolute atomic E-state index is 0.108. The maximum atomic E-state index is 13.1. The summed E-state index contributed by atoms with van der Waals surface area (Å²) in [5.74, 6) is 1.08. The van der Waals surface area contributed by atoms with Gasteiger partial charge in [-0.1, -0.05) is 44.2 Å². The van der Waals surface area contributed by atoms with Crippen LogP contribution in [0.3, 0.4) is 0 Å². The van der Waals surface area contributed by atoms with Crippen LogP contribution in [0, 0.1) is 5.92 Å². The molecule has 0 aliphatic carbocycles. The molecular weight excluding hydrogens is 398 g/mol. The van der Waals surface area contributed by atoms with Gasteiger partial charge >= 0.3 is 6.03 Å². The van der Waals surface area contributed by atoms with E-state index in [4.69, 9.17) is 4.74 Å².